The van der Waals surface area contributed by atoms with Crippen molar-refractivity contribution < 1.29 is 258 Å². The molecular weight excluding hydrogens is 1460 g/mol. The van der Waals surface area contributed by atoms with Gasteiger partial charge in [0.2, 0.25) is 0 Å². The first kappa shape index (κ1) is 94.6. The first-order chi connectivity index (χ1) is 41.2. The zero-order chi connectivity index (χ0) is 76.3. The fraction of sp³-hybridized carbons (Fsp3) is 0.892. The zero-order valence-electron chi connectivity index (χ0n) is 46.1. The highest BCUT2D eigenvalue weighted by Crippen LogP contribution is 2.54. The number of rotatable bonds is 34. The van der Waals surface area contributed by atoms with Crippen molar-refractivity contribution in [1.82, 2.24) is 0 Å². The van der Waals surface area contributed by atoms with Crippen LogP contribution in [-0.4, -0.2) is 216 Å². The fourth-order valence-corrected chi connectivity index (χ4v) is 3.51. The van der Waals surface area contributed by atoms with Crippen LogP contribution in [0.1, 0.15) is 20.8 Å². The highest BCUT2D eigenvalue weighted by molar-refractivity contribution is 5.60. The van der Waals surface area contributed by atoms with E-state index >= 15 is 0 Å². The monoisotopic (exact) mass is 1500 g/mol. The third kappa shape index (κ3) is 30.1. The second-order valence-corrected chi connectivity index (χ2v) is 15.5. The minimum Gasteiger partial charge on any atom is -0.438 e. The number of ether oxygens (including phenoxy) is 17. The van der Waals surface area contributed by atoms with Gasteiger partial charge in [0.1, 0.15) is 13.2 Å². The van der Waals surface area contributed by atoms with Gasteiger partial charge in [-0.15, -0.1) is 0 Å². The molecule has 0 aromatic rings. The van der Waals surface area contributed by atoms with Gasteiger partial charge in [-0.25, -0.2) is 47.6 Å². The summed E-state index contributed by atoms with van der Waals surface area (Å²) in [6.45, 7) is -8.47. The zero-order valence-corrected chi connectivity index (χ0v) is 46.1. The lowest BCUT2D eigenvalue weighted by atomic mass is 10.2. The Bertz CT molecular complexity index is 2320. The van der Waals surface area contributed by atoms with Crippen molar-refractivity contribution in [2.75, 3.05) is 81.8 Å². The lowest BCUT2D eigenvalue weighted by molar-refractivity contribution is -0.566. The van der Waals surface area contributed by atoms with E-state index in [9.17, 15) is 177 Å². The van der Waals surface area contributed by atoms with E-state index in [-0.39, 0.29) is 26.9 Å². The summed E-state index contributed by atoms with van der Waals surface area (Å²) < 4.78 is 515. The van der Waals surface area contributed by atoms with Gasteiger partial charge in [-0.3, -0.25) is 0 Å². The maximum absolute atomic E-state index is 13.2. The van der Waals surface area contributed by atoms with E-state index < -0.39 is 174 Å². The van der Waals surface area contributed by atoms with E-state index in [1.54, 1.807) is 16.4 Å². The highest BCUT2D eigenvalue weighted by atomic mass is 19.4. The van der Waals surface area contributed by atoms with Gasteiger partial charge in [-0.2, -0.15) is 158 Å². The average molecular weight is 1500 g/mol. The highest BCUT2D eigenvalue weighted by Gasteiger charge is 2.80. The summed E-state index contributed by atoms with van der Waals surface area (Å²) in [5.41, 5.74) is 0. The van der Waals surface area contributed by atoms with Crippen LogP contribution < -0.4 is 0 Å². The van der Waals surface area contributed by atoms with Crippen LogP contribution in [0.4, 0.5) is 177 Å². The van der Waals surface area contributed by atoms with E-state index in [1.807, 2.05) is 0 Å². The van der Waals surface area contributed by atoms with Crippen LogP contribution in [0.15, 0.2) is 0 Å². The van der Waals surface area contributed by atoms with Crippen molar-refractivity contribution in [3.63, 3.8) is 0 Å². The maximum Gasteiger partial charge on any atom is 0.508 e. The van der Waals surface area contributed by atoms with Gasteiger partial charge in [-0.1, -0.05) is 0 Å². The van der Waals surface area contributed by atoms with Gasteiger partial charge in [0.25, 0.3) is 0 Å². The smallest absolute Gasteiger partial charge is 0.438 e. The number of methoxy groups -OCH3 is 5. The van der Waals surface area contributed by atoms with Crippen molar-refractivity contribution in [3.05, 3.63) is 0 Å². The Balaban J connectivity index is -0.000000603. The molecular formula is C37H38F36O21. The summed E-state index contributed by atoms with van der Waals surface area (Å²) in [4.78, 5) is 41.6. The molecule has 0 rings (SSSR count). The van der Waals surface area contributed by atoms with E-state index in [0.717, 1.165) is 14.2 Å². The lowest BCUT2D eigenvalue weighted by Gasteiger charge is -2.36. The molecule has 0 amide bonds. The largest absolute Gasteiger partial charge is 0.508 e. The first-order valence-electron chi connectivity index (χ1n) is 21.8. The summed E-state index contributed by atoms with van der Waals surface area (Å²) in [5, 5.41) is 0. The molecule has 94 heavy (non-hydrogen) atoms. The summed E-state index contributed by atoms with van der Waals surface area (Å²) in [5.74, 6) is -25.5. The van der Waals surface area contributed by atoms with Crippen LogP contribution in [0, 0.1) is 0 Å². The normalized spacial score (nSPS) is 14.2. The summed E-state index contributed by atoms with van der Waals surface area (Å²) in [6, 6.07) is 0. The molecule has 0 unspecified atom stereocenters. The summed E-state index contributed by atoms with van der Waals surface area (Å²) >= 11 is 0. The van der Waals surface area contributed by atoms with Crippen LogP contribution in [0.25, 0.3) is 0 Å². The average Bonchev–Trinajstić information content (AvgIpc) is 0.759. The van der Waals surface area contributed by atoms with Crippen molar-refractivity contribution in [1.29, 1.82) is 0 Å². The number of carbonyl (C=O) groups is 4. The predicted octanol–water partition coefficient (Wildman–Crippen LogP) is 13.8. The first-order valence-corrected chi connectivity index (χ1v) is 21.8. The Hall–Kier alpha value is -5.80. The van der Waals surface area contributed by atoms with Crippen LogP contribution in [0.5, 0.6) is 0 Å². The van der Waals surface area contributed by atoms with E-state index in [0.29, 0.717) is 14.2 Å². The molecule has 0 radical (unpaired) electrons. The number of hydrogen-bond acceptors (Lipinski definition) is 21. The van der Waals surface area contributed by atoms with Gasteiger partial charge < -0.3 is 52.1 Å². The molecule has 0 aliphatic carbocycles. The molecule has 0 aliphatic heterocycles. The van der Waals surface area contributed by atoms with Crippen molar-refractivity contribution in [2.45, 2.75) is 130 Å². The maximum atomic E-state index is 13.2. The third-order valence-corrected chi connectivity index (χ3v) is 7.90. The second-order valence-electron chi connectivity index (χ2n) is 15.5. The predicted molar refractivity (Wildman–Crippen MR) is 210 cm³/mol. The van der Waals surface area contributed by atoms with Crippen LogP contribution >= 0.6 is 0 Å². The molecule has 0 aliphatic rings. The molecule has 0 saturated heterocycles. The lowest BCUT2D eigenvalue weighted by Crippen LogP contribution is -2.61. The Morgan fingerprint density at radius 3 is 0.734 bits per heavy atom. The van der Waals surface area contributed by atoms with Gasteiger partial charge in [-0.05, 0) is 6.92 Å². The number of carbonyl (C=O) groups excluding carboxylic acids is 4. The SMILES string of the molecule is CCOC(=O)OCCOCC(F)(F)OC.COC(=O)OCC(F)(F)OC(F)(F)C(F)(F)OC.COC(=O)OCC(F)(F)OC(F)(F)C(F)(F)OC(F)(F)C(F)(F)C(C)(F)F.COC(=O)OCC(F)(F)OC(F)(F)C(F)(F)OC(F)(F)C(F)(F)OC(F)(F)C(F)(F)C(C)(F)F. The molecule has 0 bridgehead atoms. The second kappa shape index (κ2) is 33.9. The molecule has 21 nitrogen and oxygen atoms in total. The van der Waals surface area contributed by atoms with Crippen molar-refractivity contribution in [3.8, 4) is 0 Å². The molecule has 0 fully saturated rings. The van der Waals surface area contributed by atoms with Gasteiger partial charge in [0.05, 0.1) is 34.5 Å². The summed E-state index contributed by atoms with van der Waals surface area (Å²) in [7, 11) is 2.83. The Morgan fingerprint density at radius 1 is 0.266 bits per heavy atom. The van der Waals surface area contributed by atoms with Crippen molar-refractivity contribution in [2.24, 2.45) is 0 Å². The quantitative estimate of drug-likeness (QED) is 0.0253. The van der Waals surface area contributed by atoms with Crippen molar-refractivity contribution >= 4 is 24.6 Å². The minimum atomic E-state index is -7.52. The summed E-state index contributed by atoms with van der Waals surface area (Å²) in [6.07, 6.45) is -94.2. The number of alkyl halides is 36. The number of halogens is 36. The van der Waals surface area contributed by atoms with Crippen LogP contribution in [-0.2, 0) is 80.5 Å². The molecule has 0 N–H and O–H groups in total. The number of hydrogen-bond donors (Lipinski definition) is 0. The van der Waals surface area contributed by atoms with E-state index in [1.165, 1.54) is 4.74 Å². The Labute approximate surface area is 494 Å². The molecule has 564 valence electrons. The molecule has 0 aromatic heterocycles. The standard InChI is InChI=1S/C12H8F16O6.C10H8F12O5.C8H14F2O5.C7H8F6O5/c1-5(13,14)7(17,18)8(19,20)33-11(25,26)12(27,28)34-10(23,24)9(21,22)32-6(15,16)3-31-4(29)30-2;1-5(11,12)7(15,16)8(17,18)27-10(21,22)9(19,20)26-6(13,14)3-25-4(23)24-2;1-3-14-7(11)15-5-4-13-6-8(9,10)12-2;1-15-4(14)17-3-5(8,9)18-7(12,13)6(10,11)16-2/h3H2,1-2H3;3H2,1-2H3;3-6H2,1-2H3;3H2,1-2H3. The molecule has 0 spiro atoms. The molecule has 0 atom stereocenters. The van der Waals surface area contributed by atoms with Crippen LogP contribution in [0.3, 0.4) is 0 Å². The third-order valence-electron chi connectivity index (χ3n) is 7.90. The molecule has 57 heteroatoms. The van der Waals surface area contributed by atoms with E-state index in [2.05, 4.69) is 66.3 Å². The molecule has 0 aromatic carbocycles. The van der Waals surface area contributed by atoms with Gasteiger partial charge in [0.15, 0.2) is 19.8 Å². The molecule has 0 heterocycles. The van der Waals surface area contributed by atoms with Gasteiger partial charge >= 0.3 is 134 Å². The molecule has 0 saturated carbocycles. The fourth-order valence-electron chi connectivity index (χ4n) is 3.51. The topological polar surface area (TPSA) is 225 Å². The Morgan fingerprint density at radius 2 is 0.511 bits per heavy atom. The van der Waals surface area contributed by atoms with Crippen LogP contribution in [0.2, 0.25) is 0 Å². The minimum absolute atomic E-state index is 0.140. The Kier molecular flexibility index (Phi) is 34.1. The van der Waals surface area contributed by atoms with Gasteiger partial charge in [0, 0.05) is 28.1 Å². The van der Waals surface area contributed by atoms with E-state index in [4.69, 9.17) is 0 Å².